The first-order valence-corrected chi connectivity index (χ1v) is 14.7. The normalized spacial score (nSPS) is 12.7. The van der Waals surface area contributed by atoms with E-state index in [4.69, 9.17) is 9.47 Å². The number of ether oxygens (including phenoxy) is 2. The van der Waals surface area contributed by atoms with Crippen LogP contribution in [0.4, 0.5) is 10.5 Å². The van der Waals surface area contributed by atoms with Crippen molar-refractivity contribution in [2.45, 2.75) is 84.4 Å². The van der Waals surface area contributed by atoms with Gasteiger partial charge in [0.2, 0.25) is 5.91 Å². The number of thiol groups is 1. The number of phenolic OH excluding ortho intramolecular Hbond substituents is 1. The fourth-order valence-electron chi connectivity index (χ4n) is 4.29. The molecule has 0 spiro atoms. The van der Waals surface area contributed by atoms with Crippen molar-refractivity contribution in [1.29, 1.82) is 0 Å². The molecule has 0 bridgehead atoms. The molecule has 41 heavy (non-hydrogen) atoms. The summed E-state index contributed by atoms with van der Waals surface area (Å²) in [7, 11) is 1.56. The lowest BCUT2D eigenvalue weighted by Crippen LogP contribution is -2.53. The van der Waals surface area contributed by atoms with Crippen molar-refractivity contribution in [2.24, 2.45) is 0 Å². The second-order valence-electron chi connectivity index (χ2n) is 11.0. The van der Waals surface area contributed by atoms with Gasteiger partial charge in [0.15, 0.2) is 0 Å². The number of rotatable bonds is 14. The number of hydrogen-bond donors (Lipinski definition) is 4. The molecule has 0 fully saturated rings. The van der Waals surface area contributed by atoms with Crippen LogP contribution in [0.2, 0.25) is 0 Å². The fraction of sp³-hybridized carbons (Fsp3) is 0.516. The zero-order valence-electron chi connectivity index (χ0n) is 25.0. The summed E-state index contributed by atoms with van der Waals surface area (Å²) in [6, 6.07) is 9.66. The number of benzene rings is 2. The van der Waals surface area contributed by atoms with Gasteiger partial charge in [-0.3, -0.25) is 9.59 Å². The SMILES string of the molecule is CCCCCCCN(C(=O)C(CS)NC(=O)OC(C)(C)C)C(C(=O)Nc1ccc(OC)cc1)c1ccc(O)c(C)c1. The summed E-state index contributed by atoms with van der Waals surface area (Å²) < 4.78 is 10.6. The summed E-state index contributed by atoms with van der Waals surface area (Å²) in [5, 5.41) is 15.7. The minimum Gasteiger partial charge on any atom is -0.508 e. The number of unbranched alkanes of at least 4 members (excludes halogenated alkanes) is 4. The average Bonchev–Trinajstić information content (AvgIpc) is 2.91. The van der Waals surface area contributed by atoms with Crippen LogP contribution < -0.4 is 15.4 Å². The van der Waals surface area contributed by atoms with Crippen LogP contribution in [-0.4, -0.2) is 59.0 Å². The number of amides is 3. The highest BCUT2D eigenvalue weighted by atomic mass is 32.1. The van der Waals surface area contributed by atoms with E-state index in [2.05, 4.69) is 30.2 Å². The number of anilines is 1. The van der Waals surface area contributed by atoms with E-state index in [0.717, 1.165) is 25.7 Å². The van der Waals surface area contributed by atoms with Gasteiger partial charge in [-0.2, -0.15) is 12.6 Å². The Morgan fingerprint density at radius 3 is 2.24 bits per heavy atom. The van der Waals surface area contributed by atoms with Crippen LogP contribution in [0.15, 0.2) is 42.5 Å². The van der Waals surface area contributed by atoms with E-state index >= 15 is 0 Å². The molecule has 0 aliphatic heterocycles. The summed E-state index contributed by atoms with van der Waals surface area (Å²) in [6.45, 7) is 9.35. The quantitative estimate of drug-likeness (QED) is 0.159. The molecule has 3 amide bonds. The lowest BCUT2D eigenvalue weighted by atomic mass is 9.99. The molecule has 10 heteroatoms. The average molecular weight is 588 g/mol. The Morgan fingerprint density at radius 2 is 1.68 bits per heavy atom. The van der Waals surface area contributed by atoms with Crippen molar-refractivity contribution in [3.63, 3.8) is 0 Å². The maximum absolute atomic E-state index is 14.1. The van der Waals surface area contributed by atoms with Gasteiger partial charge in [-0.05, 0) is 81.6 Å². The molecule has 0 saturated carbocycles. The van der Waals surface area contributed by atoms with Crippen LogP contribution in [0, 0.1) is 6.92 Å². The maximum atomic E-state index is 14.1. The van der Waals surface area contributed by atoms with Crippen molar-refractivity contribution in [1.82, 2.24) is 10.2 Å². The molecule has 0 aliphatic carbocycles. The molecule has 9 nitrogen and oxygen atoms in total. The highest BCUT2D eigenvalue weighted by Gasteiger charge is 2.36. The molecule has 2 atom stereocenters. The number of phenols is 1. The summed E-state index contributed by atoms with van der Waals surface area (Å²) in [4.78, 5) is 42.1. The van der Waals surface area contributed by atoms with E-state index in [1.807, 2.05) is 0 Å². The lowest BCUT2D eigenvalue weighted by molar-refractivity contribution is -0.140. The van der Waals surface area contributed by atoms with Crippen molar-refractivity contribution in [2.75, 3.05) is 24.7 Å². The Hall–Kier alpha value is -3.40. The summed E-state index contributed by atoms with van der Waals surface area (Å²) in [6.07, 6.45) is 3.96. The van der Waals surface area contributed by atoms with Crippen LogP contribution in [0.3, 0.4) is 0 Å². The lowest BCUT2D eigenvalue weighted by Gasteiger charge is -2.34. The highest BCUT2D eigenvalue weighted by molar-refractivity contribution is 7.80. The first kappa shape index (κ1) is 33.8. The number of nitrogens with one attached hydrogen (secondary N) is 2. The van der Waals surface area contributed by atoms with Crippen LogP contribution in [0.5, 0.6) is 11.5 Å². The smallest absolute Gasteiger partial charge is 0.408 e. The summed E-state index contributed by atoms with van der Waals surface area (Å²) in [5.41, 5.74) is 0.878. The van der Waals surface area contributed by atoms with E-state index in [-0.39, 0.29) is 18.0 Å². The Kier molecular flexibility index (Phi) is 13.3. The maximum Gasteiger partial charge on any atom is 0.408 e. The number of alkyl carbamates (subject to hydrolysis) is 1. The first-order chi connectivity index (χ1) is 19.4. The summed E-state index contributed by atoms with van der Waals surface area (Å²) in [5.74, 6) is -0.159. The topological polar surface area (TPSA) is 117 Å². The summed E-state index contributed by atoms with van der Waals surface area (Å²) >= 11 is 4.35. The molecule has 3 N–H and O–H groups in total. The van der Waals surface area contributed by atoms with Crippen molar-refractivity contribution >= 4 is 36.2 Å². The Balaban J connectivity index is 2.49. The molecule has 0 heterocycles. The molecular formula is C31H45N3O6S. The molecule has 2 aromatic carbocycles. The minimum atomic E-state index is -1.04. The molecule has 2 aromatic rings. The number of nitrogens with zero attached hydrogens (tertiary/aromatic N) is 1. The number of carbonyl (C=O) groups is 3. The molecule has 0 aliphatic rings. The molecule has 0 radical (unpaired) electrons. The standard InChI is InChI=1S/C31H45N3O6S/c1-7-8-9-10-11-18-34(29(37)25(20-41)33-30(38)40-31(3,4)5)27(22-12-17-26(35)21(2)19-22)28(36)32-23-13-15-24(39-6)16-14-23/h12-17,19,25,27,35,41H,7-11,18,20H2,1-6H3,(H,32,36)(H,33,38). The third kappa shape index (κ3) is 10.8. The van der Waals surface area contributed by atoms with E-state index in [1.54, 1.807) is 71.2 Å². The van der Waals surface area contributed by atoms with E-state index in [1.165, 1.54) is 11.0 Å². The second kappa shape index (κ2) is 16.1. The van der Waals surface area contributed by atoms with Gasteiger partial charge in [0, 0.05) is 18.0 Å². The monoisotopic (exact) mass is 587 g/mol. The fourth-order valence-corrected chi connectivity index (χ4v) is 4.54. The van der Waals surface area contributed by atoms with Crippen molar-refractivity contribution in [3.05, 3.63) is 53.6 Å². The number of methoxy groups -OCH3 is 1. The van der Waals surface area contributed by atoms with Crippen LogP contribution in [0.1, 0.15) is 77.0 Å². The van der Waals surface area contributed by atoms with Crippen molar-refractivity contribution in [3.8, 4) is 11.5 Å². The molecule has 0 aromatic heterocycles. The molecule has 2 unspecified atom stereocenters. The van der Waals surface area contributed by atoms with Crippen LogP contribution in [0.25, 0.3) is 0 Å². The van der Waals surface area contributed by atoms with Crippen LogP contribution in [-0.2, 0) is 14.3 Å². The second-order valence-corrected chi connectivity index (χ2v) is 11.4. The van der Waals surface area contributed by atoms with Crippen molar-refractivity contribution < 1.29 is 29.0 Å². The third-order valence-corrected chi connectivity index (χ3v) is 6.78. The molecular weight excluding hydrogens is 542 g/mol. The van der Waals surface area contributed by atoms with Gasteiger partial charge in [-0.15, -0.1) is 0 Å². The predicted molar refractivity (Wildman–Crippen MR) is 165 cm³/mol. The van der Waals surface area contributed by atoms with Crippen LogP contribution >= 0.6 is 12.6 Å². The third-order valence-electron chi connectivity index (χ3n) is 6.41. The van der Waals surface area contributed by atoms with E-state index in [9.17, 15) is 19.5 Å². The zero-order valence-corrected chi connectivity index (χ0v) is 25.9. The predicted octanol–water partition coefficient (Wildman–Crippen LogP) is 6.01. The molecule has 226 valence electrons. The van der Waals surface area contributed by atoms with E-state index in [0.29, 0.717) is 29.0 Å². The number of aryl methyl sites for hydroxylation is 1. The highest BCUT2D eigenvalue weighted by Crippen LogP contribution is 2.29. The van der Waals surface area contributed by atoms with Gasteiger partial charge >= 0.3 is 6.09 Å². The molecule has 0 saturated heterocycles. The minimum absolute atomic E-state index is 0.00579. The first-order valence-electron chi connectivity index (χ1n) is 14.1. The van der Waals surface area contributed by atoms with E-state index < -0.39 is 35.6 Å². The Morgan fingerprint density at radius 1 is 1.02 bits per heavy atom. The molecule has 2 rings (SSSR count). The van der Waals surface area contributed by atoms with Gasteiger partial charge in [0.1, 0.15) is 29.2 Å². The van der Waals surface area contributed by atoms with Gasteiger partial charge in [0.25, 0.3) is 5.91 Å². The number of hydrogen-bond acceptors (Lipinski definition) is 7. The Labute approximate surface area is 249 Å². The van der Waals surface area contributed by atoms with Gasteiger partial charge in [0.05, 0.1) is 7.11 Å². The van der Waals surface area contributed by atoms with Gasteiger partial charge < -0.3 is 30.1 Å². The largest absolute Gasteiger partial charge is 0.508 e. The number of carbonyl (C=O) groups excluding carboxylic acids is 3. The number of aromatic hydroxyl groups is 1. The van der Waals surface area contributed by atoms with Gasteiger partial charge in [-0.25, -0.2) is 4.79 Å². The Bertz CT molecular complexity index is 1150. The van der Waals surface area contributed by atoms with Gasteiger partial charge in [-0.1, -0.05) is 38.7 Å². The zero-order chi connectivity index (χ0) is 30.6.